The Morgan fingerprint density at radius 2 is 2.16 bits per heavy atom. The van der Waals surface area contributed by atoms with Gasteiger partial charge in [0, 0.05) is 18.7 Å². The van der Waals surface area contributed by atoms with E-state index in [2.05, 4.69) is 24.5 Å². The molecule has 1 unspecified atom stereocenters. The molecule has 0 saturated heterocycles. The van der Waals surface area contributed by atoms with Crippen LogP contribution in [0.25, 0.3) is 0 Å². The summed E-state index contributed by atoms with van der Waals surface area (Å²) >= 11 is 0. The van der Waals surface area contributed by atoms with Gasteiger partial charge in [-0.3, -0.25) is 4.79 Å². The number of carbonyl (C=O) groups excluding carboxylic acids is 1. The van der Waals surface area contributed by atoms with Crippen LogP contribution in [0.1, 0.15) is 20.3 Å². The Morgan fingerprint density at radius 3 is 2.79 bits per heavy atom. The Balaban J connectivity index is 2.25. The second-order valence-corrected chi connectivity index (χ2v) is 5.23. The molecule has 4 nitrogen and oxygen atoms in total. The lowest BCUT2D eigenvalue weighted by Crippen LogP contribution is -2.27. The van der Waals surface area contributed by atoms with E-state index < -0.39 is 5.82 Å². The van der Waals surface area contributed by atoms with E-state index in [1.807, 2.05) is 0 Å². The molecular formula is C14H19FN2O2. The van der Waals surface area contributed by atoms with Gasteiger partial charge in [-0.05, 0) is 12.3 Å². The number of fused-ring (bicyclic) bond motifs is 1. The summed E-state index contributed by atoms with van der Waals surface area (Å²) < 4.78 is 18.6. The van der Waals surface area contributed by atoms with Crippen molar-refractivity contribution in [1.29, 1.82) is 0 Å². The molecule has 2 rings (SSSR count). The molecule has 0 bridgehead atoms. The van der Waals surface area contributed by atoms with Crippen molar-refractivity contribution < 1.29 is 13.9 Å². The smallest absolute Gasteiger partial charge is 0.229 e. The number of benzene rings is 1. The average molecular weight is 266 g/mol. The molecule has 1 aliphatic rings. The van der Waals surface area contributed by atoms with Gasteiger partial charge in [0.05, 0.1) is 24.4 Å². The summed E-state index contributed by atoms with van der Waals surface area (Å²) in [6.45, 7) is 4.70. The van der Waals surface area contributed by atoms with Crippen LogP contribution < -0.4 is 15.4 Å². The van der Waals surface area contributed by atoms with Crippen LogP contribution >= 0.6 is 0 Å². The molecule has 0 aliphatic carbocycles. The molecule has 19 heavy (non-hydrogen) atoms. The lowest BCUT2D eigenvalue weighted by molar-refractivity contribution is -0.119. The van der Waals surface area contributed by atoms with E-state index >= 15 is 0 Å². The largest absolute Gasteiger partial charge is 0.494 e. The van der Waals surface area contributed by atoms with Crippen LogP contribution in [0, 0.1) is 17.7 Å². The predicted molar refractivity (Wildman–Crippen MR) is 73.0 cm³/mol. The molecular weight excluding hydrogens is 247 g/mol. The van der Waals surface area contributed by atoms with Gasteiger partial charge in [0.25, 0.3) is 0 Å². The molecule has 0 saturated carbocycles. The standard InChI is InChI=1S/C14H19FN2O2/c1-8(2)4-9-7-16-11-6-13(19-3)10(15)5-12(11)17-14(9)18/h5-6,8-9,16H,4,7H2,1-3H3,(H,17,18). The highest BCUT2D eigenvalue weighted by Gasteiger charge is 2.25. The van der Waals surface area contributed by atoms with Crippen molar-refractivity contribution in [1.82, 2.24) is 0 Å². The normalized spacial score (nSPS) is 18.4. The first-order chi connectivity index (χ1) is 9.01. The third-order valence-corrected chi connectivity index (χ3v) is 3.22. The van der Waals surface area contributed by atoms with E-state index in [4.69, 9.17) is 4.74 Å². The zero-order chi connectivity index (χ0) is 14.0. The number of halogens is 1. The molecule has 1 atom stereocenters. The number of amides is 1. The Labute approximate surface area is 112 Å². The minimum absolute atomic E-state index is 0.0653. The van der Waals surface area contributed by atoms with Gasteiger partial charge in [-0.25, -0.2) is 4.39 Å². The monoisotopic (exact) mass is 266 g/mol. The van der Waals surface area contributed by atoms with Crippen LogP contribution in [-0.2, 0) is 4.79 Å². The fraction of sp³-hybridized carbons (Fsp3) is 0.500. The minimum Gasteiger partial charge on any atom is -0.494 e. The highest BCUT2D eigenvalue weighted by atomic mass is 19.1. The molecule has 1 aromatic rings. The molecule has 5 heteroatoms. The molecule has 1 aromatic carbocycles. The summed E-state index contributed by atoms with van der Waals surface area (Å²) in [5, 5.41) is 5.96. The summed E-state index contributed by atoms with van der Waals surface area (Å²) in [6.07, 6.45) is 0.798. The number of hydrogen-bond acceptors (Lipinski definition) is 3. The van der Waals surface area contributed by atoms with Crippen molar-refractivity contribution in [3.05, 3.63) is 17.9 Å². The van der Waals surface area contributed by atoms with Crippen LogP contribution in [0.3, 0.4) is 0 Å². The van der Waals surface area contributed by atoms with Crippen LogP contribution in [0.2, 0.25) is 0 Å². The van der Waals surface area contributed by atoms with Gasteiger partial charge >= 0.3 is 0 Å². The van der Waals surface area contributed by atoms with E-state index in [0.717, 1.165) is 6.42 Å². The molecule has 2 N–H and O–H groups in total. The Morgan fingerprint density at radius 1 is 1.42 bits per heavy atom. The van der Waals surface area contributed by atoms with Gasteiger partial charge in [-0.15, -0.1) is 0 Å². The van der Waals surface area contributed by atoms with E-state index in [0.29, 0.717) is 23.8 Å². The Bertz CT molecular complexity index is 489. The van der Waals surface area contributed by atoms with Crippen molar-refractivity contribution in [2.75, 3.05) is 24.3 Å². The van der Waals surface area contributed by atoms with Crippen LogP contribution in [0.5, 0.6) is 5.75 Å². The quantitative estimate of drug-likeness (QED) is 0.884. The maximum atomic E-state index is 13.6. The molecule has 1 amide bonds. The summed E-state index contributed by atoms with van der Waals surface area (Å²) in [5.74, 6) is -0.0514. The number of nitrogens with one attached hydrogen (secondary N) is 2. The lowest BCUT2D eigenvalue weighted by atomic mass is 9.96. The maximum absolute atomic E-state index is 13.6. The average Bonchev–Trinajstić information content (AvgIpc) is 2.48. The van der Waals surface area contributed by atoms with Crippen molar-refractivity contribution in [3.8, 4) is 5.75 Å². The summed E-state index contributed by atoms with van der Waals surface area (Å²) in [6, 6.07) is 2.86. The van der Waals surface area contributed by atoms with Crippen LogP contribution in [0.4, 0.5) is 15.8 Å². The number of anilines is 2. The highest BCUT2D eigenvalue weighted by molar-refractivity contribution is 5.97. The fourth-order valence-corrected chi connectivity index (χ4v) is 2.28. The predicted octanol–water partition coefficient (Wildman–Crippen LogP) is 2.86. The third kappa shape index (κ3) is 2.97. The van der Waals surface area contributed by atoms with E-state index in [1.165, 1.54) is 13.2 Å². The number of methoxy groups -OCH3 is 1. The third-order valence-electron chi connectivity index (χ3n) is 3.22. The molecule has 104 valence electrons. The molecule has 0 fully saturated rings. The van der Waals surface area contributed by atoms with Gasteiger partial charge in [-0.2, -0.15) is 0 Å². The number of ether oxygens (including phenoxy) is 1. The fourth-order valence-electron chi connectivity index (χ4n) is 2.28. The van der Waals surface area contributed by atoms with Gasteiger partial charge < -0.3 is 15.4 Å². The van der Waals surface area contributed by atoms with Gasteiger partial charge in [-0.1, -0.05) is 13.8 Å². The van der Waals surface area contributed by atoms with Crippen molar-refractivity contribution in [3.63, 3.8) is 0 Å². The van der Waals surface area contributed by atoms with Crippen LogP contribution in [-0.4, -0.2) is 19.6 Å². The zero-order valence-electron chi connectivity index (χ0n) is 11.4. The SMILES string of the molecule is COc1cc2c(cc1F)NC(=O)C(CC(C)C)CN2. The topological polar surface area (TPSA) is 50.4 Å². The number of rotatable bonds is 3. The molecule has 0 spiro atoms. The Hall–Kier alpha value is -1.78. The maximum Gasteiger partial charge on any atom is 0.229 e. The highest BCUT2D eigenvalue weighted by Crippen LogP contribution is 2.33. The van der Waals surface area contributed by atoms with Crippen LogP contribution in [0.15, 0.2) is 12.1 Å². The number of hydrogen-bond donors (Lipinski definition) is 2. The molecule has 0 aromatic heterocycles. The first-order valence-corrected chi connectivity index (χ1v) is 6.43. The first kappa shape index (κ1) is 13.6. The molecule has 1 heterocycles. The molecule has 0 radical (unpaired) electrons. The summed E-state index contributed by atoms with van der Waals surface area (Å²) in [4.78, 5) is 12.1. The van der Waals surface area contributed by atoms with E-state index in [9.17, 15) is 9.18 Å². The Kier molecular flexibility index (Phi) is 3.93. The van der Waals surface area contributed by atoms with Gasteiger partial charge in [0.15, 0.2) is 11.6 Å². The van der Waals surface area contributed by atoms with Gasteiger partial charge in [0.1, 0.15) is 0 Å². The molecule has 1 aliphatic heterocycles. The minimum atomic E-state index is -0.481. The number of carbonyl (C=O) groups is 1. The second kappa shape index (κ2) is 5.47. The van der Waals surface area contributed by atoms with Crippen molar-refractivity contribution >= 4 is 17.3 Å². The first-order valence-electron chi connectivity index (χ1n) is 6.43. The zero-order valence-corrected chi connectivity index (χ0v) is 11.4. The van der Waals surface area contributed by atoms with Gasteiger partial charge in [0.2, 0.25) is 5.91 Å². The summed E-state index contributed by atoms with van der Waals surface area (Å²) in [5.41, 5.74) is 1.16. The summed E-state index contributed by atoms with van der Waals surface area (Å²) in [7, 11) is 1.42. The lowest BCUT2D eigenvalue weighted by Gasteiger charge is -2.15. The second-order valence-electron chi connectivity index (χ2n) is 5.23. The van der Waals surface area contributed by atoms with Crippen molar-refractivity contribution in [2.24, 2.45) is 11.8 Å². The van der Waals surface area contributed by atoms with E-state index in [-0.39, 0.29) is 17.6 Å². The van der Waals surface area contributed by atoms with Crippen molar-refractivity contribution in [2.45, 2.75) is 20.3 Å². The van der Waals surface area contributed by atoms with E-state index in [1.54, 1.807) is 6.07 Å².